The molecule has 0 radical (unpaired) electrons. The average molecular weight is 354 g/mol. The highest BCUT2D eigenvalue weighted by atomic mass is 16.5. The molecule has 0 spiro atoms. The Morgan fingerprint density at radius 3 is 2.92 bits per heavy atom. The maximum Gasteiger partial charge on any atom is 0.119 e. The second kappa shape index (κ2) is 5.05. The predicted molar refractivity (Wildman–Crippen MR) is 101 cm³/mol. The van der Waals surface area contributed by atoms with Gasteiger partial charge in [0.25, 0.3) is 0 Å². The molecule has 4 fully saturated rings. The van der Waals surface area contributed by atoms with E-state index in [4.69, 9.17) is 4.74 Å². The molecule has 3 heteroatoms. The van der Waals surface area contributed by atoms with Gasteiger partial charge in [0, 0.05) is 18.0 Å². The van der Waals surface area contributed by atoms with Crippen molar-refractivity contribution in [1.82, 2.24) is 4.90 Å². The number of piperidine rings is 1. The lowest BCUT2D eigenvalue weighted by Crippen LogP contribution is -2.69. The van der Waals surface area contributed by atoms with Crippen LogP contribution in [-0.2, 0) is 11.8 Å². The summed E-state index contributed by atoms with van der Waals surface area (Å²) in [4.78, 5) is 2.86. The second-order valence-electron chi connectivity index (χ2n) is 10.1. The molecule has 0 aromatic heterocycles. The Morgan fingerprint density at radius 2 is 2.15 bits per heavy atom. The minimum atomic E-state index is -0.110. The molecule has 1 aromatic rings. The van der Waals surface area contributed by atoms with Gasteiger partial charge in [0.2, 0.25) is 0 Å². The van der Waals surface area contributed by atoms with Crippen molar-refractivity contribution in [2.75, 3.05) is 20.2 Å². The highest BCUT2D eigenvalue weighted by Gasteiger charge is 2.72. The van der Waals surface area contributed by atoms with Crippen molar-refractivity contribution in [2.45, 2.75) is 63.0 Å². The van der Waals surface area contributed by atoms with E-state index in [0.29, 0.717) is 23.3 Å². The maximum atomic E-state index is 10.9. The van der Waals surface area contributed by atoms with Crippen LogP contribution in [0.15, 0.2) is 18.2 Å². The normalized spacial score (nSPS) is 46.1. The van der Waals surface area contributed by atoms with Crippen LogP contribution in [0.2, 0.25) is 0 Å². The van der Waals surface area contributed by atoms with Crippen LogP contribution in [0.1, 0.15) is 50.2 Å². The quantitative estimate of drug-likeness (QED) is 0.904. The fourth-order valence-electron chi connectivity index (χ4n) is 7.46. The molecule has 6 atom stereocenters. The highest BCUT2D eigenvalue weighted by Crippen LogP contribution is 2.73. The van der Waals surface area contributed by atoms with E-state index >= 15 is 0 Å². The SMILES string of the molecule is COc1ccc2c(c1)[C@]13CCN(CC4CC4)[C@H](C2)C1(C)C1CC1C(O)C3. The van der Waals surface area contributed by atoms with Crippen LogP contribution in [0.3, 0.4) is 0 Å². The second-order valence-corrected chi connectivity index (χ2v) is 10.1. The van der Waals surface area contributed by atoms with E-state index in [1.807, 2.05) is 0 Å². The van der Waals surface area contributed by atoms with Crippen molar-refractivity contribution in [3.05, 3.63) is 29.3 Å². The smallest absolute Gasteiger partial charge is 0.119 e. The summed E-state index contributed by atoms with van der Waals surface area (Å²) < 4.78 is 5.60. The summed E-state index contributed by atoms with van der Waals surface area (Å²) in [5.74, 6) is 3.19. The third-order valence-corrected chi connectivity index (χ3v) is 9.09. The zero-order valence-corrected chi connectivity index (χ0v) is 16.1. The molecule has 1 saturated heterocycles. The first-order valence-electron chi connectivity index (χ1n) is 10.7. The van der Waals surface area contributed by atoms with Crippen molar-refractivity contribution in [2.24, 2.45) is 23.2 Å². The number of methoxy groups -OCH3 is 1. The van der Waals surface area contributed by atoms with Gasteiger partial charge in [0.1, 0.15) is 5.75 Å². The fourth-order valence-corrected chi connectivity index (χ4v) is 7.46. The average Bonchev–Trinajstić information content (AvgIpc) is 3.52. The molecule has 3 nitrogen and oxygen atoms in total. The Kier molecular flexibility index (Phi) is 3.10. The van der Waals surface area contributed by atoms with E-state index < -0.39 is 0 Å². The van der Waals surface area contributed by atoms with Gasteiger partial charge in [-0.3, -0.25) is 4.90 Å². The van der Waals surface area contributed by atoms with Gasteiger partial charge in [0.15, 0.2) is 0 Å². The molecule has 2 bridgehead atoms. The van der Waals surface area contributed by atoms with Gasteiger partial charge in [-0.15, -0.1) is 0 Å². The predicted octanol–water partition coefficient (Wildman–Crippen LogP) is 3.38. The molecule has 0 amide bonds. The number of ether oxygens (including phenoxy) is 1. The van der Waals surface area contributed by atoms with Crippen LogP contribution < -0.4 is 4.74 Å². The molecule has 140 valence electrons. The summed E-state index contributed by atoms with van der Waals surface area (Å²) >= 11 is 0. The number of aliphatic hydroxyl groups excluding tert-OH is 1. The number of fused-ring (bicyclic) bond motifs is 2. The lowest BCUT2D eigenvalue weighted by atomic mass is 9.44. The third kappa shape index (κ3) is 1.87. The molecule has 1 aliphatic heterocycles. The Bertz CT molecular complexity index is 759. The summed E-state index contributed by atoms with van der Waals surface area (Å²) in [6.07, 6.45) is 7.34. The van der Waals surface area contributed by atoms with E-state index in [1.165, 1.54) is 56.3 Å². The lowest BCUT2D eigenvalue weighted by molar-refractivity contribution is -0.119. The first-order chi connectivity index (χ1) is 12.6. The van der Waals surface area contributed by atoms with Crippen molar-refractivity contribution in [3.8, 4) is 5.75 Å². The van der Waals surface area contributed by atoms with Gasteiger partial charge in [0.05, 0.1) is 13.2 Å². The highest BCUT2D eigenvalue weighted by molar-refractivity contribution is 5.49. The van der Waals surface area contributed by atoms with Gasteiger partial charge in [-0.25, -0.2) is 0 Å². The first kappa shape index (κ1) is 15.9. The number of nitrogens with zero attached hydrogens (tertiary/aromatic N) is 1. The zero-order chi connectivity index (χ0) is 17.7. The summed E-state index contributed by atoms with van der Waals surface area (Å²) in [5, 5.41) is 10.9. The molecule has 1 heterocycles. The Morgan fingerprint density at radius 1 is 1.31 bits per heavy atom. The molecule has 1 aromatic carbocycles. The molecule has 1 N–H and O–H groups in total. The van der Waals surface area contributed by atoms with Crippen LogP contribution in [-0.4, -0.2) is 42.4 Å². The van der Waals surface area contributed by atoms with E-state index in [1.54, 1.807) is 7.11 Å². The van der Waals surface area contributed by atoms with Gasteiger partial charge in [-0.1, -0.05) is 13.0 Å². The van der Waals surface area contributed by atoms with Crippen molar-refractivity contribution in [3.63, 3.8) is 0 Å². The van der Waals surface area contributed by atoms with E-state index in [0.717, 1.165) is 18.1 Å². The molecule has 6 rings (SSSR count). The van der Waals surface area contributed by atoms with Crippen molar-refractivity contribution < 1.29 is 9.84 Å². The fraction of sp³-hybridized carbons (Fsp3) is 0.739. The molecular weight excluding hydrogens is 322 g/mol. The summed E-state index contributed by atoms with van der Waals surface area (Å²) in [5.41, 5.74) is 3.46. The number of hydrogen-bond acceptors (Lipinski definition) is 3. The molecule has 4 unspecified atom stereocenters. The van der Waals surface area contributed by atoms with Gasteiger partial charge < -0.3 is 9.84 Å². The molecular formula is C23H31NO2. The topological polar surface area (TPSA) is 32.7 Å². The zero-order valence-electron chi connectivity index (χ0n) is 16.1. The Hall–Kier alpha value is -1.06. The monoisotopic (exact) mass is 353 g/mol. The largest absolute Gasteiger partial charge is 0.497 e. The van der Waals surface area contributed by atoms with Crippen LogP contribution in [0.25, 0.3) is 0 Å². The Labute approximate surface area is 156 Å². The van der Waals surface area contributed by atoms with Gasteiger partial charge in [-0.2, -0.15) is 0 Å². The van der Waals surface area contributed by atoms with Crippen LogP contribution in [0, 0.1) is 23.2 Å². The molecule has 3 saturated carbocycles. The van der Waals surface area contributed by atoms with E-state index in [9.17, 15) is 5.11 Å². The van der Waals surface area contributed by atoms with Gasteiger partial charge >= 0.3 is 0 Å². The third-order valence-electron chi connectivity index (χ3n) is 9.09. The van der Waals surface area contributed by atoms with E-state index in [-0.39, 0.29) is 11.5 Å². The van der Waals surface area contributed by atoms with E-state index in [2.05, 4.69) is 30.0 Å². The lowest BCUT2D eigenvalue weighted by Gasteiger charge is -2.66. The minimum absolute atomic E-state index is 0.110. The van der Waals surface area contributed by atoms with Crippen LogP contribution in [0.4, 0.5) is 0 Å². The summed E-state index contributed by atoms with van der Waals surface area (Å²) in [6.45, 7) is 5.11. The van der Waals surface area contributed by atoms with Crippen molar-refractivity contribution in [1.29, 1.82) is 0 Å². The van der Waals surface area contributed by atoms with Crippen LogP contribution >= 0.6 is 0 Å². The summed E-state index contributed by atoms with van der Waals surface area (Å²) in [6, 6.07) is 7.42. The van der Waals surface area contributed by atoms with Crippen LogP contribution in [0.5, 0.6) is 5.75 Å². The number of aliphatic hydroxyl groups is 1. The standard InChI is InChI=1S/C23H31NO2/c1-22-19-11-17(19)20(25)12-23(22)7-8-24(13-14-3-4-14)21(22)9-15-5-6-16(26-2)10-18(15)23/h5-6,10,14,17,19-21,25H,3-4,7-9,11-13H2,1-2H3/t17?,19?,20?,21-,22?,23-/m1/s1. The Balaban J connectivity index is 1.52. The number of rotatable bonds is 3. The number of benzene rings is 1. The molecule has 5 aliphatic rings. The molecule has 4 aliphatic carbocycles. The first-order valence-corrected chi connectivity index (χ1v) is 10.7. The summed E-state index contributed by atoms with van der Waals surface area (Å²) in [7, 11) is 1.77. The van der Waals surface area contributed by atoms with Gasteiger partial charge in [-0.05, 0) is 91.5 Å². The van der Waals surface area contributed by atoms with Crippen molar-refractivity contribution >= 4 is 0 Å². The minimum Gasteiger partial charge on any atom is -0.497 e. The molecule has 26 heavy (non-hydrogen) atoms. The number of likely N-dealkylation sites (tertiary alicyclic amines) is 1. The maximum absolute atomic E-state index is 10.9. The number of hydrogen-bond donors (Lipinski definition) is 1.